The maximum atomic E-state index is 13.3. The van der Waals surface area contributed by atoms with Crippen molar-refractivity contribution in [1.29, 1.82) is 0 Å². The number of para-hydroxylation sites is 1. The Bertz CT molecular complexity index is 985. The van der Waals surface area contributed by atoms with Crippen molar-refractivity contribution in [2.45, 2.75) is 43.7 Å². The van der Waals surface area contributed by atoms with Crippen LogP contribution >= 0.6 is 23.1 Å². The molecule has 6 heteroatoms. The zero-order valence-corrected chi connectivity index (χ0v) is 16.2. The first kappa shape index (κ1) is 15.6. The fraction of sp³-hybridized carbons (Fsp3) is 0.550. The molecule has 0 N–H and O–H groups in total. The number of aromatic nitrogens is 3. The van der Waals surface area contributed by atoms with Gasteiger partial charge in [-0.15, -0.1) is 10.2 Å². The summed E-state index contributed by atoms with van der Waals surface area (Å²) in [6.07, 6.45) is 7.58. The van der Waals surface area contributed by atoms with E-state index in [1.165, 1.54) is 24.0 Å². The number of hydrogen-bond acceptors (Lipinski definition) is 5. The van der Waals surface area contributed by atoms with E-state index in [4.69, 9.17) is 0 Å². The number of fused-ring (bicyclic) bond motifs is 3. The number of Topliss-reactive ketones (excluding diaryl/α,β-unsaturated/α-hetero) is 1. The van der Waals surface area contributed by atoms with Gasteiger partial charge in [0.1, 0.15) is 5.78 Å². The van der Waals surface area contributed by atoms with Crippen LogP contribution < -0.4 is 0 Å². The van der Waals surface area contributed by atoms with Crippen LogP contribution in [-0.2, 0) is 4.79 Å². The molecule has 2 heterocycles. The van der Waals surface area contributed by atoms with Gasteiger partial charge in [0.05, 0.1) is 16.0 Å². The fourth-order valence-electron chi connectivity index (χ4n) is 6.18. The number of rotatable bonds is 4. The van der Waals surface area contributed by atoms with Gasteiger partial charge in [-0.1, -0.05) is 35.2 Å². The van der Waals surface area contributed by atoms with E-state index in [9.17, 15) is 4.79 Å². The quantitative estimate of drug-likeness (QED) is 0.606. The van der Waals surface area contributed by atoms with Gasteiger partial charge in [-0.3, -0.25) is 9.20 Å². The first-order chi connectivity index (χ1) is 12.7. The highest BCUT2D eigenvalue weighted by Gasteiger charge is 2.54. The summed E-state index contributed by atoms with van der Waals surface area (Å²) >= 11 is 3.23. The summed E-state index contributed by atoms with van der Waals surface area (Å²) in [7, 11) is 0. The summed E-state index contributed by atoms with van der Waals surface area (Å²) in [6.45, 7) is 0. The van der Waals surface area contributed by atoms with E-state index in [1.807, 2.05) is 6.07 Å². The van der Waals surface area contributed by atoms with Crippen LogP contribution in [0.25, 0.3) is 15.2 Å². The van der Waals surface area contributed by atoms with Gasteiger partial charge in [-0.25, -0.2) is 0 Å². The number of carbonyl (C=O) groups excluding carboxylic acids is 1. The van der Waals surface area contributed by atoms with Crippen molar-refractivity contribution >= 4 is 44.1 Å². The van der Waals surface area contributed by atoms with Crippen molar-refractivity contribution in [2.75, 3.05) is 5.75 Å². The third kappa shape index (κ3) is 2.24. The summed E-state index contributed by atoms with van der Waals surface area (Å²) in [5, 5.41) is 9.54. The smallest absolute Gasteiger partial charge is 0.217 e. The lowest BCUT2D eigenvalue weighted by Crippen LogP contribution is -2.50. The molecule has 134 valence electrons. The largest absolute Gasteiger partial charge is 0.298 e. The van der Waals surface area contributed by atoms with Gasteiger partial charge in [0.25, 0.3) is 0 Å². The van der Waals surface area contributed by atoms with Crippen molar-refractivity contribution in [3.8, 4) is 0 Å². The maximum Gasteiger partial charge on any atom is 0.217 e. The molecule has 0 atom stereocenters. The molecule has 2 aromatic heterocycles. The van der Waals surface area contributed by atoms with E-state index in [2.05, 4.69) is 32.8 Å². The van der Waals surface area contributed by atoms with E-state index in [-0.39, 0.29) is 5.41 Å². The second-order valence-corrected chi connectivity index (χ2v) is 10.5. The van der Waals surface area contributed by atoms with E-state index >= 15 is 0 Å². The summed E-state index contributed by atoms with van der Waals surface area (Å²) in [5.74, 6) is 3.46. The summed E-state index contributed by atoms with van der Waals surface area (Å²) in [4.78, 5) is 14.2. The molecule has 4 nitrogen and oxygen atoms in total. The van der Waals surface area contributed by atoms with Crippen LogP contribution in [0, 0.1) is 23.2 Å². The molecule has 4 aliphatic rings. The lowest BCUT2D eigenvalue weighted by Gasteiger charge is -2.56. The molecule has 0 saturated heterocycles. The highest BCUT2D eigenvalue weighted by atomic mass is 32.2. The molecule has 0 aliphatic heterocycles. The minimum Gasteiger partial charge on any atom is -0.298 e. The Morgan fingerprint density at radius 2 is 1.81 bits per heavy atom. The minimum absolute atomic E-state index is 0.0116. The monoisotopic (exact) mass is 383 g/mol. The molecule has 0 amide bonds. The summed E-state index contributed by atoms with van der Waals surface area (Å²) < 4.78 is 3.32. The summed E-state index contributed by atoms with van der Waals surface area (Å²) in [6, 6.07) is 8.31. The third-order valence-corrected chi connectivity index (χ3v) is 8.81. The second-order valence-electron chi connectivity index (χ2n) is 8.58. The van der Waals surface area contributed by atoms with Crippen LogP contribution in [0.4, 0.5) is 0 Å². The Hall–Kier alpha value is -1.40. The number of thiazole rings is 1. The lowest BCUT2D eigenvalue weighted by molar-refractivity contribution is -0.141. The molecule has 7 rings (SSSR count). The molecular formula is C20H21N3OS2. The number of nitrogens with zero attached hydrogens (tertiary/aromatic N) is 3. The Kier molecular flexibility index (Phi) is 3.34. The maximum absolute atomic E-state index is 13.3. The molecule has 1 aromatic carbocycles. The SMILES string of the molecule is O=C(CSc1nnc2sc3ccccc3n12)C12CC3CC(CC(C3)C1)C2. The van der Waals surface area contributed by atoms with Crippen molar-refractivity contribution in [1.82, 2.24) is 14.6 Å². The number of benzene rings is 1. The predicted octanol–water partition coefficient (Wildman–Crippen LogP) is 4.82. The standard InChI is InChI=1S/C20H21N3OS2/c24-17(20-8-12-5-13(9-20)7-14(6-12)10-20)11-25-18-21-22-19-23(18)15-3-1-2-4-16(15)26-19/h1-4,12-14H,5-11H2. The van der Waals surface area contributed by atoms with Crippen LogP contribution in [0.2, 0.25) is 0 Å². The first-order valence-corrected chi connectivity index (χ1v) is 11.4. The first-order valence-electron chi connectivity index (χ1n) is 9.59. The number of thioether (sulfide) groups is 1. The number of carbonyl (C=O) groups is 1. The van der Waals surface area contributed by atoms with Crippen LogP contribution in [0.5, 0.6) is 0 Å². The van der Waals surface area contributed by atoms with Crippen molar-refractivity contribution in [2.24, 2.45) is 23.2 Å². The molecule has 4 saturated carbocycles. The molecule has 4 fully saturated rings. The molecular weight excluding hydrogens is 362 g/mol. The Balaban J connectivity index is 1.27. The number of hydrogen-bond donors (Lipinski definition) is 0. The minimum atomic E-state index is -0.0116. The molecule has 4 bridgehead atoms. The summed E-state index contributed by atoms with van der Waals surface area (Å²) in [5.41, 5.74) is 1.13. The number of ketones is 1. The lowest BCUT2D eigenvalue weighted by atomic mass is 9.48. The van der Waals surface area contributed by atoms with Gasteiger partial charge in [0.2, 0.25) is 4.96 Å². The molecule has 26 heavy (non-hydrogen) atoms. The zero-order valence-electron chi connectivity index (χ0n) is 14.6. The van der Waals surface area contributed by atoms with Crippen LogP contribution in [-0.4, -0.2) is 26.1 Å². The van der Waals surface area contributed by atoms with Crippen molar-refractivity contribution in [3.63, 3.8) is 0 Å². The van der Waals surface area contributed by atoms with E-state index in [0.29, 0.717) is 11.5 Å². The van der Waals surface area contributed by atoms with Gasteiger partial charge in [0.15, 0.2) is 5.16 Å². The average Bonchev–Trinajstić information content (AvgIpc) is 3.17. The topological polar surface area (TPSA) is 47.3 Å². The van der Waals surface area contributed by atoms with Crippen molar-refractivity contribution in [3.05, 3.63) is 24.3 Å². The molecule has 0 radical (unpaired) electrons. The van der Waals surface area contributed by atoms with Crippen LogP contribution in [0.15, 0.2) is 29.4 Å². The average molecular weight is 384 g/mol. The van der Waals surface area contributed by atoms with Crippen molar-refractivity contribution < 1.29 is 4.79 Å². The molecule has 0 unspecified atom stereocenters. The predicted molar refractivity (Wildman–Crippen MR) is 105 cm³/mol. The second kappa shape index (κ2) is 5.55. The van der Waals surface area contributed by atoms with Crippen LogP contribution in [0.1, 0.15) is 38.5 Å². The third-order valence-electron chi connectivity index (χ3n) is 6.87. The molecule has 0 spiro atoms. The Labute approximate surface area is 160 Å². The normalized spacial score (nSPS) is 32.7. The highest BCUT2D eigenvalue weighted by molar-refractivity contribution is 7.99. The Morgan fingerprint density at radius 1 is 1.12 bits per heavy atom. The van der Waals surface area contributed by atoms with Gasteiger partial charge in [-0.2, -0.15) is 0 Å². The Morgan fingerprint density at radius 3 is 2.54 bits per heavy atom. The van der Waals surface area contributed by atoms with E-state index in [1.54, 1.807) is 23.1 Å². The van der Waals surface area contributed by atoms with E-state index < -0.39 is 0 Å². The van der Waals surface area contributed by atoms with Gasteiger partial charge in [-0.05, 0) is 68.4 Å². The van der Waals surface area contributed by atoms with Gasteiger partial charge >= 0.3 is 0 Å². The fourth-order valence-corrected chi connectivity index (χ4v) is 8.19. The van der Waals surface area contributed by atoms with Crippen LogP contribution in [0.3, 0.4) is 0 Å². The van der Waals surface area contributed by atoms with Gasteiger partial charge in [0, 0.05) is 5.41 Å². The van der Waals surface area contributed by atoms with E-state index in [0.717, 1.165) is 52.7 Å². The highest BCUT2D eigenvalue weighted by Crippen LogP contribution is 2.60. The zero-order chi connectivity index (χ0) is 17.3. The molecule has 4 aliphatic carbocycles. The van der Waals surface area contributed by atoms with Gasteiger partial charge < -0.3 is 0 Å². The molecule has 3 aromatic rings.